The van der Waals surface area contributed by atoms with Gasteiger partial charge in [-0.05, 0) is 42.5 Å². The normalized spacial score (nSPS) is 11.0. The Balaban J connectivity index is 1.79. The number of hydrogen-bond donors (Lipinski definition) is 2. The highest BCUT2D eigenvalue weighted by molar-refractivity contribution is 7.71. The SMILES string of the molecule is COc1cccc(OCc2n[nH]c(=S)n2/N=C/c2cc(Cl)ccc2O)c1. The number of aromatic hydroxyl groups is 1. The molecule has 1 heterocycles. The fraction of sp³-hybridized carbons (Fsp3) is 0.118. The lowest BCUT2D eigenvalue weighted by atomic mass is 10.2. The van der Waals surface area contributed by atoms with Gasteiger partial charge in [-0.15, -0.1) is 0 Å². The molecule has 0 aliphatic heterocycles. The van der Waals surface area contributed by atoms with Crippen molar-refractivity contribution in [2.24, 2.45) is 5.10 Å². The van der Waals surface area contributed by atoms with Crippen molar-refractivity contribution in [1.82, 2.24) is 14.9 Å². The van der Waals surface area contributed by atoms with E-state index in [0.29, 0.717) is 32.7 Å². The van der Waals surface area contributed by atoms with Gasteiger partial charge >= 0.3 is 0 Å². The van der Waals surface area contributed by atoms with E-state index in [0.717, 1.165) is 0 Å². The van der Waals surface area contributed by atoms with E-state index < -0.39 is 0 Å². The smallest absolute Gasteiger partial charge is 0.216 e. The van der Waals surface area contributed by atoms with Gasteiger partial charge in [0.25, 0.3) is 0 Å². The number of nitrogens with zero attached hydrogens (tertiary/aromatic N) is 3. The van der Waals surface area contributed by atoms with Crippen LogP contribution >= 0.6 is 23.8 Å². The van der Waals surface area contributed by atoms with E-state index in [4.69, 9.17) is 33.3 Å². The second kappa shape index (κ2) is 8.03. The van der Waals surface area contributed by atoms with E-state index in [1.165, 1.54) is 17.0 Å². The molecule has 7 nitrogen and oxygen atoms in total. The van der Waals surface area contributed by atoms with Gasteiger partial charge in [0.1, 0.15) is 23.9 Å². The molecule has 0 aliphatic rings. The maximum Gasteiger partial charge on any atom is 0.216 e. The van der Waals surface area contributed by atoms with Crippen LogP contribution in [0.5, 0.6) is 17.2 Å². The molecule has 0 radical (unpaired) electrons. The fourth-order valence-corrected chi connectivity index (χ4v) is 2.50. The third-order valence-corrected chi connectivity index (χ3v) is 3.93. The minimum Gasteiger partial charge on any atom is -0.507 e. The zero-order chi connectivity index (χ0) is 18.5. The summed E-state index contributed by atoms with van der Waals surface area (Å²) in [6.07, 6.45) is 1.45. The molecule has 0 saturated heterocycles. The Morgan fingerprint density at radius 1 is 1.31 bits per heavy atom. The van der Waals surface area contributed by atoms with Crippen molar-refractivity contribution in [3.05, 3.63) is 63.6 Å². The minimum atomic E-state index is 0.0577. The third-order valence-electron chi connectivity index (χ3n) is 3.43. The van der Waals surface area contributed by atoms with Crippen LogP contribution in [0.2, 0.25) is 5.02 Å². The maximum atomic E-state index is 9.86. The number of methoxy groups -OCH3 is 1. The van der Waals surface area contributed by atoms with Crippen molar-refractivity contribution >= 4 is 30.0 Å². The number of hydrogen-bond acceptors (Lipinski definition) is 6. The van der Waals surface area contributed by atoms with E-state index in [1.54, 1.807) is 31.4 Å². The maximum absolute atomic E-state index is 9.86. The molecule has 134 valence electrons. The van der Waals surface area contributed by atoms with Gasteiger partial charge in [0.15, 0.2) is 5.82 Å². The molecule has 0 fully saturated rings. The van der Waals surface area contributed by atoms with E-state index in [9.17, 15) is 5.11 Å². The summed E-state index contributed by atoms with van der Waals surface area (Å²) in [6.45, 7) is 0.138. The second-order valence-electron chi connectivity index (χ2n) is 5.17. The van der Waals surface area contributed by atoms with Crippen molar-refractivity contribution in [2.75, 3.05) is 7.11 Å². The summed E-state index contributed by atoms with van der Waals surface area (Å²) in [4.78, 5) is 0. The number of phenols is 1. The Kier molecular flexibility index (Phi) is 5.55. The van der Waals surface area contributed by atoms with E-state index >= 15 is 0 Å². The van der Waals surface area contributed by atoms with Crippen molar-refractivity contribution in [2.45, 2.75) is 6.61 Å². The summed E-state index contributed by atoms with van der Waals surface area (Å²) in [5, 5.41) is 21.4. The van der Waals surface area contributed by atoms with Crippen LogP contribution in [0, 0.1) is 4.77 Å². The molecule has 0 atom stereocenters. The fourth-order valence-electron chi connectivity index (χ4n) is 2.12. The number of H-pyrrole nitrogens is 1. The molecular formula is C17H15ClN4O3S. The Bertz CT molecular complexity index is 1000. The zero-order valence-electron chi connectivity index (χ0n) is 13.7. The third kappa shape index (κ3) is 4.22. The summed E-state index contributed by atoms with van der Waals surface area (Å²) < 4.78 is 12.6. The van der Waals surface area contributed by atoms with Crippen LogP contribution in [-0.4, -0.2) is 33.3 Å². The van der Waals surface area contributed by atoms with Crippen LogP contribution in [0.15, 0.2) is 47.6 Å². The first kappa shape index (κ1) is 18.0. The molecule has 3 rings (SSSR count). The van der Waals surface area contributed by atoms with Crippen LogP contribution in [-0.2, 0) is 6.61 Å². The summed E-state index contributed by atoms with van der Waals surface area (Å²) >= 11 is 11.1. The summed E-state index contributed by atoms with van der Waals surface area (Å²) in [5.74, 6) is 1.84. The van der Waals surface area contributed by atoms with Crippen molar-refractivity contribution in [3.8, 4) is 17.2 Å². The van der Waals surface area contributed by atoms with Gasteiger partial charge in [-0.3, -0.25) is 0 Å². The van der Waals surface area contributed by atoms with Gasteiger partial charge in [-0.1, -0.05) is 17.7 Å². The number of nitrogens with one attached hydrogen (secondary N) is 1. The molecule has 0 amide bonds. The second-order valence-corrected chi connectivity index (χ2v) is 6.00. The number of halogens is 1. The zero-order valence-corrected chi connectivity index (χ0v) is 15.3. The minimum absolute atomic E-state index is 0.0577. The number of benzene rings is 2. The van der Waals surface area contributed by atoms with E-state index in [2.05, 4.69) is 15.3 Å². The Labute approximate surface area is 159 Å². The van der Waals surface area contributed by atoms with Crippen LogP contribution in [0.25, 0.3) is 0 Å². The first-order valence-corrected chi connectivity index (χ1v) is 8.31. The molecule has 2 aromatic carbocycles. The molecule has 0 aliphatic carbocycles. The highest BCUT2D eigenvalue weighted by Crippen LogP contribution is 2.21. The van der Waals surface area contributed by atoms with Crippen LogP contribution < -0.4 is 9.47 Å². The lowest BCUT2D eigenvalue weighted by molar-refractivity contribution is 0.288. The molecule has 0 unspecified atom stereocenters. The lowest BCUT2D eigenvalue weighted by Crippen LogP contribution is -2.04. The highest BCUT2D eigenvalue weighted by Gasteiger charge is 2.07. The topological polar surface area (TPSA) is 84.7 Å². The number of phenolic OH excluding ortho intramolecular Hbond substituents is 1. The van der Waals surface area contributed by atoms with Gasteiger partial charge in [-0.2, -0.15) is 14.9 Å². The molecule has 26 heavy (non-hydrogen) atoms. The van der Waals surface area contributed by atoms with Crippen molar-refractivity contribution in [1.29, 1.82) is 0 Å². The monoisotopic (exact) mass is 390 g/mol. The number of rotatable bonds is 6. The summed E-state index contributed by atoms with van der Waals surface area (Å²) in [5.41, 5.74) is 0.459. The Morgan fingerprint density at radius 2 is 2.12 bits per heavy atom. The predicted molar refractivity (Wildman–Crippen MR) is 101 cm³/mol. The molecular weight excluding hydrogens is 376 g/mol. The molecule has 0 bridgehead atoms. The van der Waals surface area contributed by atoms with Gasteiger partial charge in [-0.25, -0.2) is 5.10 Å². The van der Waals surface area contributed by atoms with Crippen LogP contribution in [0.3, 0.4) is 0 Å². The molecule has 2 N–H and O–H groups in total. The predicted octanol–water partition coefficient (Wildman–Crippen LogP) is 3.77. The average molecular weight is 391 g/mol. The standard InChI is InChI=1S/C17H15ClN4O3S/c1-24-13-3-2-4-14(8-13)25-10-16-20-21-17(26)22(16)19-9-11-7-12(18)5-6-15(11)23/h2-9,23H,10H2,1H3,(H,21,26)/b19-9+. The molecule has 1 aromatic heterocycles. The molecule has 9 heteroatoms. The van der Waals surface area contributed by atoms with Gasteiger partial charge in [0, 0.05) is 16.7 Å². The Hall–Kier alpha value is -2.84. The van der Waals surface area contributed by atoms with Crippen LogP contribution in [0.4, 0.5) is 0 Å². The van der Waals surface area contributed by atoms with E-state index in [-0.39, 0.29) is 12.4 Å². The van der Waals surface area contributed by atoms with Crippen molar-refractivity contribution in [3.63, 3.8) is 0 Å². The molecule has 3 aromatic rings. The summed E-state index contributed by atoms with van der Waals surface area (Å²) in [6, 6.07) is 11.9. The van der Waals surface area contributed by atoms with Crippen molar-refractivity contribution < 1.29 is 14.6 Å². The van der Waals surface area contributed by atoms with Gasteiger partial charge in [0.05, 0.1) is 13.3 Å². The summed E-state index contributed by atoms with van der Waals surface area (Å²) in [7, 11) is 1.59. The highest BCUT2D eigenvalue weighted by atomic mass is 35.5. The number of aromatic nitrogens is 3. The lowest BCUT2D eigenvalue weighted by Gasteiger charge is -2.07. The Morgan fingerprint density at radius 3 is 2.92 bits per heavy atom. The quantitative estimate of drug-likeness (QED) is 0.494. The average Bonchev–Trinajstić information content (AvgIpc) is 3.00. The van der Waals surface area contributed by atoms with E-state index in [1.807, 2.05) is 12.1 Å². The van der Waals surface area contributed by atoms with Gasteiger partial charge < -0.3 is 14.6 Å². The molecule has 0 saturated carbocycles. The molecule has 0 spiro atoms. The first-order chi connectivity index (χ1) is 12.6. The van der Waals surface area contributed by atoms with Crippen LogP contribution in [0.1, 0.15) is 11.4 Å². The van der Waals surface area contributed by atoms with Gasteiger partial charge in [0.2, 0.25) is 4.77 Å². The largest absolute Gasteiger partial charge is 0.507 e. The number of aromatic amines is 1. The first-order valence-electron chi connectivity index (χ1n) is 7.53. The number of ether oxygens (including phenoxy) is 2.